The third-order valence-electron chi connectivity index (χ3n) is 2.81. The van der Waals surface area contributed by atoms with Gasteiger partial charge in [0, 0.05) is 22.7 Å². The number of thiocarbonyl (C=S) groups is 1. The summed E-state index contributed by atoms with van der Waals surface area (Å²) in [4.78, 5) is 11.9. The summed E-state index contributed by atoms with van der Waals surface area (Å²) in [6.07, 6.45) is 3.75. The molecule has 2 rings (SSSR count). The van der Waals surface area contributed by atoms with Gasteiger partial charge in [-0.2, -0.15) is 0 Å². The number of rotatable bonds is 5. The first-order valence-electron chi connectivity index (χ1n) is 7.01. The van der Waals surface area contributed by atoms with Crippen LogP contribution >= 0.6 is 35.4 Å². The zero-order valence-electron chi connectivity index (χ0n) is 12.7. The minimum atomic E-state index is -0.409. The van der Waals surface area contributed by atoms with Crippen LogP contribution < -0.4 is 10.6 Å². The first kappa shape index (κ1) is 18.3. The van der Waals surface area contributed by atoms with Crippen LogP contribution in [0.15, 0.2) is 24.3 Å². The Morgan fingerprint density at radius 3 is 2.92 bits per heavy atom. The number of aromatic nitrogens is 4. The number of hydrogen-bond acceptors (Lipinski definition) is 5. The lowest BCUT2D eigenvalue weighted by Crippen LogP contribution is -2.33. The first-order chi connectivity index (χ1) is 11.5. The van der Waals surface area contributed by atoms with Crippen LogP contribution in [0.3, 0.4) is 0 Å². The van der Waals surface area contributed by atoms with Gasteiger partial charge in [0.1, 0.15) is 0 Å². The molecule has 2 N–H and O–H groups in total. The zero-order valence-corrected chi connectivity index (χ0v) is 15.0. The molecule has 1 heterocycles. The highest BCUT2D eigenvalue weighted by atomic mass is 35.5. The van der Waals surface area contributed by atoms with E-state index in [2.05, 4.69) is 26.2 Å². The summed E-state index contributed by atoms with van der Waals surface area (Å²) in [5, 5.41) is 17.5. The number of aryl methyl sites for hydroxylation is 1. The van der Waals surface area contributed by atoms with Crippen molar-refractivity contribution in [3.05, 3.63) is 39.9 Å². The Kier molecular flexibility index (Phi) is 6.65. The Morgan fingerprint density at radius 1 is 1.42 bits per heavy atom. The van der Waals surface area contributed by atoms with Crippen LogP contribution in [0.25, 0.3) is 6.08 Å². The van der Waals surface area contributed by atoms with Gasteiger partial charge in [-0.05, 0) is 52.8 Å². The van der Waals surface area contributed by atoms with Gasteiger partial charge in [0.15, 0.2) is 5.11 Å². The smallest absolute Gasteiger partial charge is 0.250 e. The number of hydrogen-bond donors (Lipinski definition) is 2. The van der Waals surface area contributed by atoms with E-state index in [-0.39, 0.29) is 5.11 Å². The second kappa shape index (κ2) is 8.72. The lowest BCUT2D eigenvalue weighted by atomic mass is 10.2. The molecule has 10 heteroatoms. The quantitative estimate of drug-likeness (QED) is 0.608. The van der Waals surface area contributed by atoms with E-state index in [1.165, 1.54) is 6.08 Å². The molecule has 0 bridgehead atoms. The normalized spacial score (nSPS) is 10.8. The fourth-order valence-electron chi connectivity index (χ4n) is 1.75. The summed E-state index contributed by atoms with van der Waals surface area (Å²) < 4.78 is 1.56. The van der Waals surface area contributed by atoms with Crippen molar-refractivity contribution in [2.75, 3.05) is 5.32 Å². The van der Waals surface area contributed by atoms with Gasteiger partial charge in [-0.3, -0.25) is 15.4 Å². The van der Waals surface area contributed by atoms with Crippen molar-refractivity contribution in [3.63, 3.8) is 0 Å². The van der Waals surface area contributed by atoms with E-state index in [0.717, 1.165) is 6.42 Å². The van der Waals surface area contributed by atoms with Crippen LogP contribution in [0.5, 0.6) is 0 Å². The van der Waals surface area contributed by atoms with Crippen LogP contribution in [0.2, 0.25) is 10.0 Å². The van der Waals surface area contributed by atoms with Crippen LogP contribution in [0.1, 0.15) is 18.9 Å². The minimum absolute atomic E-state index is 0.0963. The summed E-state index contributed by atoms with van der Waals surface area (Å²) in [6.45, 7) is 2.64. The maximum Gasteiger partial charge on any atom is 0.250 e. The fraction of sp³-hybridized carbons (Fsp3) is 0.214. The van der Waals surface area contributed by atoms with Gasteiger partial charge in [-0.1, -0.05) is 41.3 Å². The molecule has 1 aromatic heterocycles. The van der Waals surface area contributed by atoms with E-state index in [1.54, 1.807) is 29.0 Å². The third kappa shape index (κ3) is 5.26. The van der Waals surface area contributed by atoms with Crippen molar-refractivity contribution >= 4 is 58.5 Å². The number of nitrogens with one attached hydrogen (secondary N) is 2. The largest absolute Gasteiger partial charge is 0.300 e. The van der Waals surface area contributed by atoms with Crippen LogP contribution in [0.4, 0.5) is 5.95 Å². The van der Waals surface area contributed by atoms with Gasteiger partial charge in [0.05, 0.1) is 0 Å². The Morgan fingerprint density at radius 2 is 2.21 bits per heavy atom. The highest BCUT2D eigenvalue weighted by Crippen LogP contribution is 2.21. The second-order valence-electron chi connectivity index (χ2n) is 4.67. The van der Waals surface area contributed by atoms with Gasteiger partial charge in [0.2, 0.25) is 11.9 Å². The SMILES string of the molecule is CCCn1nnnc1NC(=S)NC(=O)/C=C/c1ccc(Cl)cc1Cl. The molecule has 0 spiro atoms. The average molecular weight is 385 g/mol. The van der Waals surface area contributed by atoms with Gasteiger partial charge in [0.25, 0.3) is 0 Å². The molecule has 0 aliphatic carbocycles. The molecular formula is C14H14Cl2N6OS. The molecule has 126 valence electrons. The van der Waals surface area contributed by atoms with Gasteiger partial charge in [-0.25, -0.2) is 4.68 Å². The maximum absolute atomic E-state index is 11.9. The Labute approximate surface area is 154 Å². The Balaban J connectivity index is 1.92. The average Bonchev–Trinajstić information content (AvgIpc) is 2.93. The molecule has 1 aromatic carbocycles. The van der Waals surface area contributed by atoms with Crippen LogP contribution in [-0.4, -0.2) is 31.2 Å². The lowest BCUT2D eigenvalue weighted by Gasteiger charge is -2.07. The van der Waals surface area contributed by atoms with E-state index in [4.69, 9.17) is 35.4 Å². The highest BCUT2D eigenvalue weighted by Gasteiger charge is 2.08. The van der Waals surface area contributed by atoms with Crippen molar-refractivity contribution in [1.82, 2.24) is 25.5 Å². The van der Waals surface area contributed by atoms with Crippen molar-refractivity contribution in [2.24, 2.45) is 0 Å². The number of carbonyl (C=O) groups excluding carboxylic acids is 1. The predicted octanol–water partition coefficient (Wildman–Crippen LogP) is 2.92. The topological polar surface area (TPSA) is 84.7 Å². The number of benzene rings is 1. The molecule has 0 aliphatic rings. The molecule has 0 saturated heterocycles. The number of anilines is 1. The predicted molar refractivity (Wildman–Crippen MR) is 98.0 cm³/mol. The summed E-state index contributed by atoms with van der Waals surface area (Å²) in [6, 6.07) is 5.00. The van der Waals surface area contributed by atoms with E-state index in [9.17, 15) is 4.79 Å². The Hall–Kier alpha value is -2.03. The zero-order chi connectivity index (χ0) is 17.5. The van der Waals surface area contributed by atoms with E-state index in [0.29, 0.717) is 28.1 Å². The number of amides is 1. The van der Waals surface area contributed by atoms with E-state index < -0.39 is 5.91 Å². The van der Waals surface area contributed by atoms with Crippen molar-refractivity contribution in [2.45, 2.75) is 19.9 Å². The first-order valence-corrected chi connectivity index (χ1v) is 8.17. The molecule has 1 amide bonds. The maximum atomic E-state index is 11.9. The minimum Gasteiger partial charge on any atom is -0.300 e. The van der Waals surface area contributed by atoms with E-state index >= 15 is 0 Å². The summed E-state index contributed by atoms with van der Waals surface area (Å²) in [5.41, 5.74) is 0.669. The molecule has 0 unspecified atom stereocenters. The van der Waals surface area contributed by atoms with Crippen LogP contribution in [-0.2, 0) is 11.3 Å². The van der Waals surface area contributed by atoms with Crippen molar-refractivity contribution in [1.29, 1.82) is 0 Å². The summed E-state index contributed by atoms with van der Waals surface area (Å²) in [7, 11) is 0. The lowest BCUT2D eigenvalue weighted by molar-refractivity contribution is -0.115. The van der Waals surface area contributed by atoms with Crippen molar-refractivity contribution in [3.8, 4) is 0 Å². The third-order valence-corrected chi connectivity index (χ3v) is 3.57. The van der Waals surface area contributed by atoms with Crippen LogP contribution in [0, 0.1) is 0 Å². The Bertz CT molecular complexity index is 776. The number of halogens is 2. The number of carbonyl (C=O) groups is 1. The number of nitrogens with zero attached hydrogens (tertiary/aromatic N) is 4. The number of tetrazole rings is 1. The summed E-state index contributed by atoms with van der Waals surface area (Å²) >= 11 is 16.9. The monoisotopic (exact) mass is 384 g/mol. The van der Waals surface area contributed by atoms with Gasteiger partial charge >= 0.3 is 0 Å². The van der Waals surface area contributed by atoms with Crippen molar-refractivity contribution < 1.29 is 4.79 Å². The second-order valence-corrected chi connectivity index (χ2v) is 5.92. The standard InChI is InChI=1S/C14H14Cl2N6OS/c1-2-7-22-13(19-20-21-22)18-14(24)17-12(23)6-4-9-3-5-10(15)8-11(9)16/h3-6,8H,2,7H2,1H3,(H2,17,18,19,21,23,24)/b6-4+. The molecule has 24 heavy (non-hydrogen) atoms. The molecule has 0 saturated carbocycles. The van der Waals surface area contributed by atoms with Gasteiger partial charge < -0.3 is 0 Å². The molecular weight excluding hydrogens is 371 g/mol. The molecule has 0 atom stereocenters. The molecule has 0 aliphatic heterocycles. The van der Waals surface area contributed by atoms with E-state index in [1.807, 2.05) is 6.92 Å². The molecule has 7 nitrogen and oxygen atoms in total. The summed E-state index contributed by atoms with van der Waals surface area (Å²) in [5.74, 6) is -0.0418. The highest BCUT2D eigenvalue weighted by molar-refractivity contribution is 7.80. The van der Waals surface area contributed by atoms with Gasteiger partial charge in [-0.15, -0.1) is 0 Å². The fourth-order valence-corrected chi connectivity index (χ4v) is 2.41. The molecule has 2 aromatic rings. The molecule has 0 fully saturated rings. The molecule has 0 radical (unpaired) electrons.